The first kappa shape index (κ1) is 22.3. The molecule has 6 heteroatoms. The topological polar surface area (TPSA) is 68.7 Å². The number of rotatable bonds is 7. The standard InChI is InChI=1S/C27H26N2O4/c1-29(14-6-9-26(30)33-3)27(31)23-17-25(28-24-8-5-4-7-22(23)24)20-11-10-19-16-21(32-2)13-12-18(19)15-20/h4-5,7-8,10-13,15-17H,6,9,14H2,1-3H3. The van der Waals surface area contributed by atoms with Gasteiger partial charge in [-0.15, -0.1) is 0 Å². The molecule has 4 aromatic rings. The number of carbonyl (C=O) groups is 2. The van der Waals surface area contributed by atoms with Crippen LogP contribution in [0.1, 0.15) is 23.2 Å². The van der Waals surface area contributed by atoms with Gasteiger partial charge in [-0.2, -0.15) is 0 Å². The predicted molar refractivity (Wildman–Crippen MR) is 129 cm³/mol. The van der Waals surface area contributed by atoms with Crippen molar-refractivity contribution < 1.29 is 19.1 Å². The Morgan fingerprint density at radius 2 is 1.70 bits per heavy atom. The van der Waals surface area contributed by atoms with Crippen LogP contribution in [0.15, 0.2) is 66.7 Å². The summed E-state index contributed by atoms with van der Waals surface area (Å²) in [6.07, 6.45) is 0.817. The number of aromatic nitrogens is 1. The largest absolute Gasteiger partial charge is 0.497 e. The SMILES string of the molecule is COC(=O)CCCN(C)C(=O)c1cc(-c2ccc3cc(OC)ccc3c2)nc2ccccc12. The molecule has 168 valence electrons. The van der Waals surface area contributed by atoms with Gasteiger partial charge in [0.15, 0.2) is 0 Å². The van der Waals surface area contributed by atoms with Gasteiger partial charge in [0.05, 0.1) is 31.0 Å². The lowest BCUT2D eigenvalue weighted by Gasteiger charge is -2.19. The van der Waals surface area contributed by atoms with Crippen LogP contribution in [0.25, 0.3) is 32.9 Å². The van der Waals surface area contributed by atoms with Gasteiger partial charge in [-0.1, -0.05) is 36.4 Å². The summed E-state index contributed by atoms with van der Waals surface area (Å²) in [6.45, 7) is 0.456. The molecule has 0 fully saturated rings. The molecule has 0 saturated heterocycles. The third-order valence-corrected chi connectivity index (χ3v) is 5.74. The second kappa shape index (κ2) is 9.69. The van der Waals surface area contributed by atoms with Gasteiger partial charge >= 0.3 is 5.97 Å². The molecule has 33 heavy (non-hydrogen) atoms. The number of esters is 1. The highest BCUT2D eigenvalue weighted by Gasteiger charge is 2.18. The number of fused-ring (bicyclic) bond motifs is 2. The van der Waals surface area contributed by atoms with E-state index in [0.29, 0.717) is 18.5 Å². The summed E-state index contributed by atoms with van der Waals surface area (Å²) < 4.78 is 10.0. The summed E-state index contributed by atoms with van der Waals surface area (Å²) >= 11 is 0. The van der Waals surface area contributed by atoms with Crippen molar-refractivity contribution in [1.82, 2.24) is 9.88 Å². The molecule has 1 aromatic heterocycles. The van der Waals surface area contributed by atoms with Crippen molar-refractivity contribution in [1.29, 1.82) is 0 Å². The minimum Gasteiger partial charge on any atom is -0.497 e. The predicted octanol–water partition coefficient (Wildman–Crippen LogP) is 5.09. The number of hydrogen-bond donors (Lipinski definition) is 0. The van der Waals surface area contributed by atoms with E-state index >= 15 is 0 Å². The smallest absolute Gasteiger partial charge is 0.305 e. The number of ether oxygens (including phenoxy) is 2. The maximum atomic E-state index is 13.3. The van der Waals surface area contributed by atoms with Gasteiger partial charge in [0, 0.05) is 31.0 Å². The summed E-state index contributed by atoms with van der Waals surface area (Å²) in [6, 6.07) is 21.5. The van der Waals surface area contributed by atoms with E-state index in [4.69, 9.17) is 9.72 Å². The molecule has 4 rings (SSSR count). The van der Waals surface area contributed by atoms with Crippen LogP contribution in [0.4, 0.5) is 0 Å². The lowest BCUT2D eigenvalue weighted by atomic mass is 10.0. The first-order valence-electron chi connectivity index (χ1n) is 10.8. The highest BCUT2D eigenvalue weighted by molar-refractivity contribution is 6.07. The van der Waals surface area contributed by atoms with Crippen molar-refractivity contribution in [2.45, 2.75) is 12.8 Å². The Kier molecular flexibility index (Phi) is 6.54. The molecule has 0 N–H and O–H groups in total. The highest BCUT2D eigenvalue weighted by Crippen LogP contribution is 2.29. The Morgan fingerprint density at radius 1 is 0.939 bits per heavy atom. The molecular formula is C27H26N2O4. The molecule has 0 saturated carbocycles. The normalized spacial score (nSPS) is 10.9. The van der Waals surface area contributed by atoms with Crippen molar-refractivity contribution >= 4 is 33.6 Å². The maximum absolute atomic E-state index is 13.3. The Morgan fingerprint density at radius 3 is 2.48 bits per heavy atom. The van der Waals surface area contributed by atoms with Gasteiger partial charge < -0.3 is 14.4 Å². The van der Waals surface area contributed by atoms with Crippen molar-refractivity contribution in [3.8, 4) is 17.0 Å². The van der Waals surface area contributed by atoms with Crippen LogP contribution in [-0.4, -0.2) is 49.6 Å². The van der Waals surface area contributed by atoms with E-state index in [9.17, 15) is 9.59 Å². The van der Waals surface area contributed by atoms with Crippen LogP contribution in [0, 0.1) is 0 Å². The van der Waals surface area contributed by atoms with E-state index in [1.54, 1.807) is 19.1 Å². The molecule has 0 unspecified atom stereocenters. The highest BCUT2D eigenvalue weighted by atomic mass is 16.5. The van der Waals surface area contributed by atoms with E-state index in [-0.39, 0.29) is 18.3 Å². The molecule has 0 radical (unpaired) electrons. The van der Waals surface area contributed by atoms with E-state index in [1.165, 1.54) is 7.11 Å². The number of pyridine rings is 1. The average Bonchev–Trinajstić information content (AvgIpc) is 2.86. The molecule has 1 amide bonds. The third kappa shape index (κ3) is 4.80. The minimum absolute atomic E-state index is 0.106. The van der Waals surface area contributed by atoms with Crippen LogP contribution in [0.2, 0.25) is 0 Å². The molecular weight excluding hydrogens is 416 g/mol. The maximum Gasteiger partial charge on any atom is 0.305 e. The van der Waals surface area contributed by atoms with Gasteiger partial charge in [-0.05, 0) is 47.5 Å². The zero-order valence-corrected chi connectivity index (χ0v) is 19.0. The van der Waals surface area contributed by atoms with Gasteiger partial charge in [0.1, 0.15) is 5.75 Å². The molecule has 0 atom stereocenters. The Hall–Kier alpha value is -3.93. The molecule has 3 aromatic carbocycles. The Labute approximate surface area is 192 Å². The summed E-state index contributed by atoms with van der Waals surface area (Å²) in [7, 11) is 4.77. The quantitative estimate of drug-likeness (QED) is 0.373. The Bertz CT molecular complexity index is 1330. The number of nitrogens with zero attached hydrogens (tertiary/aromatic N) is 2. The van der Waals surface area contributed by atoms with Crippen molar-refractivity contribution in [2.75, 3.05) is 27.8 Å². The lowest BCUT2D eigenvalue weighted by molar-refractivity contribution is -0.140. The van der Waals surface area contributed by atoms with Crippen LogP contribution in [-0.2, 0) is 9.53 Å². The first-order chi connectivity index (χ1) is 16.0. The Balaban J connectivity index is 1.70. The molecule has 0 bridgehead atoms. The molecule has 0 spiro atoms. The molecule has 0 aliphatic heterocycles. The second-order valence-corrected chi connectivity index (χ2v) is 7.91. The summed E-state index contributed by atoms with van der Waals surface area (Å²) in [4.78, 5) is 31.2. The third-order valence-electron chi connectivity index (χ3n) is 5.74. The number of amides is 1. The monoisotopic (exact) mass is 442 g/mol. The minimum atomic E-state index is -0.276. The second-order valence-electron chi connectivity index (χ2n) is 7.91. The van der Waals surface area contributed by atoms with Gasteiger partial charge in [0.2, 0.25) is 0 Å². The fourth-order valence-corrected chi connectivity index (χ4v) is 3.88. The number of para-hydroxylation sites is 1. The average molecular weight is 443 g/mol. The van der Waals surface area contributed by atoms with E-state index in [0.717, 1.165) is 38.7 Å². The fraction of sp³-hybridized carbons (Fsp3) is 0.222. The van der Waals surface area contributed by atoms with E-state index < -0.39 is 0 Å². The molecule has 0 aliphatic carbocycles. The number of carbonyl (C=O) groups excluding carboxylic acids is 2. The molecule has 0 aliphatic rings. The fourth-order valence-electron chi connectivity index (χ4n) is 3.88. The first-order valence-corrected chi connectivity index (χ1v) is 10.8. The van der Waals surface area contributed by atoms with E-state index in [2.05, 4.69) is 10.8 Å². The summed E-state index contributed by atoms with van der Waals surface area (Å²) in [5, 5.41) is 2.94. The van der Waals surface area contributed by atoms with Gasteiger partial charge in [0.25, 0.3) is 5.91 Å². The van der Waals surface area contributed by atoms with Crippen LogP contribution < -0.4 is 4.74 Å². The summed E-state index contributed by atoms with van der Waals surface area (Å²) in [5.74, 6) is 0.425. The lowest BCUT2D eigenvalue weighted by Crippen LogP contribution is -2.28. The van der Waals surface area contributed by atoms with Crippen molar-refractivity contribution in [2.24, 2.45) is 0 Å². The van der Waals surface area contributed by atoms with Crippen molar-refractivity contribution in [3.63, 3.8) is 0 Å². The van der Waals surface area contributed by atoms with Crippen LogP contribution >= 0.6 is 0 Å². The van der Waals surface area contributed by atoms with Crippen molar-refractivity contribution in [3.05, 3.63) is 72.3 Å². The van der Waals surface area contributed by atoms with Crippen LogP contribution in [0.3, 0.4) is 0 Å². The van der Waals surface area contributed by atoms with Gasteiger partial charge in [-0.25, -0.2) is 4.98 Å². The zero-order chi connectivity index (χ0) is 23.4. The number of benzene rings is 3. The number of hydrogen-bond acceptors (Lipinski definition) is 5. The molecule has 1 heterocycles. The number of methoxy groups -OCH3 is 2. The molecule has 6 nitrogen and oxygen atoms in total. The van der Waals surface area contributed by atoms with Crippen LogP contribution in [0.5, 0.6) is 5.75 Å². The zero-order valence-electron chi connectivity index (χ0n) is 19.0. The summed E-state index contributed by atoms with van der Waals surface area (Å²) in [5.41, 5.74) is 3.01. The van der Waals surface area contributed by atoms with Gasteiger partial charge in [-0.3, -0.25) is 9.59 Å². The van der Waals surface area contributed by atoms with E-state index in [1.807, 2.05) is 60.7 Å².